The quantitative estimate of drug-likeness (QED) is 0.0743. The minimum Gasteiger partial charge on any atom is -0.376 e. The summed E-state index contributed by atoms with van der Waals surface area (Å²) in [5.74, 6) is 3.35. The molecule has 9 heterocycles. The Morgan fingerprint density at radius 1 is 0.366 bits per heavy atom. The Labute approximate surface area is 752 Å². The van der Waals surface area contributed by atoms with Gasteiger partial charge in [-0.05, 0) is 196 Å². The number of rotatable bonds is 8. The molecule has 5 saturated heterocycles. The number of fused-ring (bicyclic) bond motifs is 3. The summed E-state index contributed by atoms with van der Waals surface area (Å²) in [7, 11) is 0. The third kappa shape index (κ3) is 16.1. The lowest BCUT2D eigenvalue weighted by Crippen LogP contribution is -2.51. The van der Waals surface area contributed by atoms with Gasteiger partial charge < -0.3 is 64.5 Å². The second-order valence-electron chi connectivity index (χ2n) is 33.9. The highest BCUT2D eigenvalue weighted by molar-refractivity contribution is 6.45. The normalized spacial score (nSPS) is 20.5. The molecule has 7 aromatic carbocycles. The second kappa shape index (κ2) is 35.0. The van der Waals surface area contributed by atoms with Crippen molar-refractivity contribution < 1.29 is 4.74 Å². The first-order valence-corrected chi connectivity index (χ1v) is 44.3. The van der Waals surface area contributed by atoms with Crippen LogP contribution in [0.25, 0.3) is 22.7 Å². The molecule has 5 aliphatic heterocycles. The molecular formula is C91H97Cl8N19O5. The summed E-state index contributed by atoms with van der Waals surface area (Å²) in [6, 6.07) is 49.2. The van der Waals surface area contributed by atoms with E-state index in [1.54, 1.807) is 92.7 Å². The highest BCUT2D eigenvalue weighted by atomic mass is 35.5. The maximum Gasteiger partial charge on any atom is 0.264 e. The van der Waals surface area contributed by atoms with E-state index in [1.165, 1.54) is 57.7 Å². The maximum atomic E-state index is 13.3. The van der Waals surface area contributed by atoms with Crippen molar-refractivity contribution in [3.8, 4) is 22.7 Å². The van der Waals surface area contributed by atoms with Crippen LogP contribution < -0.4 is 82.0 Å². The van der Waals surface area contributed by atoms with Gasteiger partial charge in [0, 0.05) is 94.1 Å². The molecule has 0 bridgehead atoms. The monoisotopic (exact) mass is 1820 g/mol. The standard InChI is InChI=1S/C24H25Cl2N5O.C24H24Cl2N4O.C23H23Cl2N5O.C20H25Cl2N5O2/c1-14-21(29-23(28)31(22(14)32)18-8-4-7-17(25)19(18)26)30-11-9-24(10-12-30)13-15-5-2-3-6-16(15)20(24)27;1-15-28-20(13-21(31)30(15)19-8-4-7-18(25)22(19)26)29-11-9-24(10-12-29)14-16-5-2-3-6-17(16)23(24)27;24-16-6-3-7-17(20(16)25)30-19(31)12-18(28-22(30)27)29-10-8-23(9-11-29)13-14-4-1-2-5-15(14)21(23)26;1-11-17(26-8-6-20(7-9-26)10-29-12(2)16(20)23)25-19(24)27(18(11)28)14-5-3-4-13(21)15(14)22/h2-8,20H,9-13,27H2,1H3,(H2,28,29);2-8,13,23H,9-12,14,27H2,1H3;1-7,12,21H,8-11,13,26H2,(H2,27,28);3-5,12,16H,6-10,23H2,1-2H3,(H2,24,25)/t20-;23-;21-;12-,16+/m1011/s1. The molecule has 0 unspecified atom stereocenters. The van der Waals surface area contributed by atoms with Gasteiger partial charge in [-0.15, -0.1) is 0 Å². The molecule has 0 saturated carbocycles. The van der Waals surface area contributed by atoms with Gasteiger partial charge in [0.15, 0.2) is 0 Å². The Bertz CT molecular complexity index is 5980. The van der Waals surface area contributed by atoms with E-state index < -0.39 is 0 Å². The number of aromatic nitrogens is 8. The van der Waals surface area contributed by atoms with Crippen molar-refractivity contribution >= 4 is 134 Å². The number of aryl methyl sites for hydroxylation is 1. The van der Waals surface area contributed by atoms with Crippen LogP contribution in [0, 0.1) is 42.4 Å². The molecule has 8 aliphatic rings. The van der Waals surface area contributed by atoms with Crippen LogP contribution >= 0.6 is 92.8 Å². The summed E-state index contributed by atoms with van der Waals surface area (Å²) >= 11 is 49.7. The van der Waals surface area contributed by atoms with Crippen molar-refractivity contribution in [1.82, 2.24) is 38.2 Å². The van der Waals surface area contributed by atoms with Crippen LogP contribution in [-0.4, -0.2) is 109 Å². The van der Waals surface area contributed by atoms with Gasteiger partial charge in [-0.1, -0.05) is 190 Å². The number of ether oxygens (including phenoxy) is 1. The van der Waals surface area contributed by atoms with Crippen LogP contribution in [0.15, 0.2) is 177 Å². The second-order valence-corrected chi connectivity index (χ2v) is 37.0. The van der Waals surface area contributed by atoms with Gasteiger partial charge in [0.1, 0.15) is 29.1 Å². The van der Waals surface area contributed by atoms with Crippen LogP contribution in [0.5, 0.6) is 0 Å². The largest absolute Gasteiger partial charge is 0.376 e. The van der Waals surface area contributed by atoms with Crippen molar-refractivity contribution in [2.75, 3.05) is 95.8 Å². The first kappa shape index (κ1) is 87.3. The van der Waals surface area contributed by atoms with Crippen LogP contribution in [-0.2, 0) is 24.0 Å². The summed E-state index contributed by atoms with van der Waals surface area (Å²) in [6.07, 6.45) is 10.6. The van der Waals surface area contributed by atoms with E-state index in [2.05, 4.69) is 107 Å². The van der Waals surface area contributed by atoms with Crippen molar-refractivity contribution in [3.63, 3.8) is 0 Å². The van der Waals surface area contributed by atoms with E-state index in [1.807, 2.05) is 13.8 Å². The predicted molar refractivity (Wildman–Crippen MR) is 497 cm³/mol. The van der Waals surface area contributed by atoms with Crippen molar-refractivity contribution in [2.45, 2.75) is 129 Å². The molecule has 24 nitrogen and oxygen atoms in total. The SMILES string of the molecule is Cc1c(N2CCC3(CC2)CO[C@H](C)[C@@H]3N)nc(N)n(-c2cccc(Cl)c2Cl)c1=O.Cc1c(N2CCC3(CC2)Cc2ccccc2[C@H]3N)nc(N)n(-c2cccc(Cl)c2Cl)c1=O.Cc1nc(N2CCC3(CC2)Cc2ccccc2[C@@H]3N)cc(=O)n1-c1cccc(Cl)c1Cl.Nc1nc(N2CCC3(CC2)Cc2ccccc2[C@H]3N)cc(=O)n1-c1cccc(Cl)c1Cl. The molecule has 11 aromatic rings. The van der Waals surface area contributed by atoms with Gasteiger partial charge >= 0.3 is 0 Å². The number of hydrogen-bond acceptors (Lipinski definition) is 20. The molecule has 642 valence electrons. The van der Waals surface area contributed by atoms with Gasteiger partial charge in [0.2, 0.25) is 17.8 Å². The number of piperidine rings is 4. The number of nitrogens with two attached hydrogens (primary N) is 7. The van der Waals surface area contributed by atoms with Gasteiger partial charge in [-0.2, -0.15) is 15.0 Å². The van der Waals surface area contributed by atoms with Crippen molar-refractivity contribution in [3.05, 3.63) is 290 Å². The molecule has 5 atom stereocenters. The molecule has 0 amide bonds. The number of nitrogen functional groups attached to an aromatic ring is 3. The number of benzene rings is 7. The fourth-order valence-electron chi connectivity index (χ4n) is 20.0. The topological polar surface area (TPSA) is 344 Å². The van der Waals surface area contributed by atoms with Crippen molar-refractivity contribution in [1.29, 1.82) is 0 Å². The maximum absolute atomic E-state index is 13.3. The number of anilines is 7. The molecule has 4 aromatic heterocycles. The van der Waals surface area contributed by atoms with Crippen LogP contribution in [0.1, 0.15) is 127 Å². The predicted octanol–water partition coefficient (Wildman–Crippen LogP) is 15.7. The first-order valence-electron chi connectivity index (χ1n) is 41.3. The summed E-state index contributed by atoms with van der Waals surface area (Å²) < 4.78 is 11.2. The molecular weight excluding hydrogens is 1720 g/mol. The Hall–Kier alpha value is -9.22. The van der Waals surface area contributed by atoms with E-state index >= 15 is 0 Å². The average molecular weight is 1820 g/mol. The molecule has 19 rings (SSSR count). The van der Waals surface area contributed by atoms with E-state index in [-0.39, 0.29) is 107 Å². The Kier molecular flexibility index (Phi) is 24.8. The number of nitrogens with zero attached hydrogens (tertiary/aromatic N) is 12. The van der Waals surface area contributed by atoms with Crippen molar-refractivity contribution in [2.24, 2.45) is 44.6 Å². The molecule has 14 N–H and O–H groups in total. The minimum atomic E-state index is -0.295. The highest BCUT2D eigenvalue weighted by Gasteiger charge is 2.51. The molecule has 0 radical (unpaired) electrons. The van der Waals surface area contributed by atoms with Gasteiger partial charge in [0.25, 0.3) is 22.2 Å². The first-order chi connectivity index (χ1) is 58.9. The molecule has 5 fully saturated rings. The van der Waals surface area contributed by atoms with Crippen LogP contribution in [0.2, 0.25) is 40.2 Å². The Morgan fingerprint density at radius 3 is 0.992 bits per heavy atom. The van der Waals surface area contributed by atoms with Crippen LogP contribution in [0.3, 0.4) is 0 Å². The lowest BCUT2D eigenvalue weighted by molar-refractivity contribution is 0.0974. The van der Waals surface area contributed by atoms with Crippen LogP contribution in [0.4, 0.5) is 41.1 Å². The van der Waals surface area contributed by atoms with Gasteiger partial charge in [-0.25, -0.2) is 18.7 Å². The number of hydrogen-bond donors (Lipinski definition) is 7. The zero-order valence-corrected chi connectivity index (χ0v) is 74.6. The zero-order chi connectivity index (χ0) is 87.0. The molecule has 32 heteroatoms. The van der Waals surface area contributed by atoms with E-state index in [9.17, 15) is 19.2 Å². The summed E-state index contributed by atoms with van der Waals surface area (Å²) in [5, 5.41) is 2.61. The lowest BCUT2D eigenvalue weighted by atomic mass is 9.73. The third-order valence-electron chi connectivity index (χ3n) is 27.2. The lowest BCUT2D eigenvalue weighted by Gasteiger charge is -2.43. The van der Waals surface area contributed by atoms with Gasteiger partial charge in [-0.3, -0.25) is 23.7 Å². The smallest absolute Gasteiger partial charge is 0.264 e. The van der Waals surface area contributed by atoms with Gasteiger partial charge in [0.05, 0.1) is 86.8 Å². The molecule has 3 aliphatic carbocycles. The fourth-order valence-corrected chi connectivity index (χ4v) is 21.5. The third-order valence-corrected chi connectivity index (χ3v) is 30.5. The Balaban J connectivity index is 0.000000122. The summed E-state index contributed by atoms with van der Waals surface area (Å²) in [5.41, 5.74) is 55.1. The highest BCUT2D eigenvalue weighted by Crippen LogP contribution is 2.55. The fraction of sp³-hybridized carbons (Fsp3) is 0.363. The Morgan fingerprint density at radius 2 is 0.667 bits per heavy atom. The minimum absolute atomic E-state index is 0.00133. The molecule has 123 heavy (non-hydrogen) atoms. The van der Waals surface area contributed by atoms with E-state index in [4.69, 9.17) is 143 Å². The zero-order valence-electron chi connectivity index (χ0n) is 68.5. The number of halogens is 8. The summed E-state index contributed by atoms with van der Waals surface area (Å²) in [4.78, 5) is 79.3. The average Bonchev–Trinajstić information content (AvgIpc) is 1.75. The van der Waals surface area contributed by atoms with E-state index in [0.717, 1.165) is 123 Å². The molecule has 4 spiro atoms. The van der Waals surface area contributed by atoms with E-state index in [0.29, 0.717) is 94.7 Å². The summed E-state index contributed by atoms with van der Waals surface area (Å²) in [6.45, 7) is 14.3.